The number of aliphatic hydroxyl groups excluding tert-OH is 1. The van der Waals surface area contributed by atoms with Crippen LogP contribution in [0.1, 0.15) is 36.5 Å². The van der Waals surface area contributed by atoms with Crippen LogP contribution in [0.3, 0.4) is 0 Å². The molecule has 1 aliphatic heterocycles. The Morgan fingerprint density at radius 2 is 1.90 bits per heavy atom. The molecule has 30 heavy (non-hydrogen) atoms. The van der Waals surface area contributed by atoms with Gasteiger partial charge in [0.2, 0.25) is 0 Å². The first kappa shape index (κ1) is 22.2. The van der Waals surface area contributed by atoms with Crippen LogP contribution in [0.15, 0.2) is 30.3 Å². The van der Waals surface area contributed by atoms with Gasteiger partial charge in [-0.15, -0.1) is 31.6 Å². The summed E-state index contributed by atoms with van der Waals surface area (Å²) in [6, 6.07) is 10.7. The highest BCUT2D eigenvalue weighted by Crippen LogP contribution is 2.36. The molecular formula is C19H25N3O7S. The molecule has 1 N–H and O–H groups in total. The Kier molecular flexibility index (Phi) is 7.77. The van der Waals surface area contributed by atoms with Gasteiger partial charge in [-0.1, -0.05) is 18.2 Å². The quantitative estimate of drug-likeness (QED) is 0.418. The summed E-state index contributed by atoms with van der Waals surface area (Å²) in [6.45, 7) is 1.66. The van der Waals surface area contributed by atoms with Gasteiger partial charge in [0.1, 0.15) is 12.7 Å². The molecule has 2 aromatic rings. The zero-order valence-corrected chi connectivity index (χ0v) is 17.2. The Morgan fingerprint density at radius 3 is 2.57 bits per heavy atom. The minimum atomic E-state index is -1.08. The maximum Gasteiger partial charge on any atom is 0.294 e. The maximum atomic E-state index is 10.5. The molecule has 1 fully saturated rings. The van der Waals surface area contributed by atoms with Gasteiger partial charge < -0.3 is 19.7 Å². The molecule has 1 saturated heterocycles. The lowest BCUT2D eigenvalue weighted by Crippen LogP contribution is -2.38. The van der Waals surface area contributed by atoms with E-state index in [0.717, 1.165) is 25.9 Å². The van der Waals surface area contributed by atoms with E-state index in [0.29, 0.717) is 12.5 Å². The zero-order chi connectivity index (χ0) is 21.5. The topological polar surface area (TPSA) is 128 Å². The number of hydrogen-bond acceptors (Lipinski definition) is 9. The Morgan fingerprint density at radius 1 is 1.17 bits per heavy atom. The molecular weight excluding hydrogens is 414 g/mol. The molecule has 2 heterocycles. The van der Waals surface area contributed by atoms with Crippen molar-refractivity contribution in [3.8, 4) is 0 Å². The molecule has 0 bridgehead atoms. The van der Waals surface area contributed by atoms with Gasteiger partial charge in [0.15, 0.2) is 0 Å². The molecule has 0 aliphatic carbocycles. The first-order chi connectivity index (χ1) is 14.4. The van der Waals surface area contributed by atoms with E-state index >= 15 is 0 Å². The van der Waals surface area contributed by atoms with Gasteiger partial charge in [-0.05, 0) is 62.2 Å². The van der Waals surface area contributed by atoms with E-state index in [4.69, 9.17) is 0 Å². The molecule has 0 spiro atoms. The van der Waals surface area contributed by atoms with E-state index in [9.17, 15) is 25.3 Å². The molecule has 1 aromatic heterocycles. The van der Waals surface area contributed by atoms with Crippen LogP contribution in [-0.2, 0) is 9.68 Å². The van der Waals surface area contributed by atoms with Crippen LogP contribution in [0.25, 0.3) is 10.1 Å². The molecule has 164 valence electrons. The minimum Gasteiger partial charge on any atom is -0.392 e. The number of rotatable bonds is 11. The predicted molar refractivity (Wildman–Crippen MR) is 110 cm³/mol. The Bertz CT molecular complexity index is 821. The fourth-order valence-electron chi connectivity index (χ4n) is 3.80. The third-order valence-electron chi connectivity index (χ3n) is 5.33. The Labute approximate surface area is 177 Å². The Hall–Kier alpha value is -2.50. The van der Waals surface area contributed by atoms with Gasteiger partial charge in [0.05, 0.1) is 6.10 Å². The molecule has 3 rings (SSSR count). The Balaban J connectivity index is 1.42. The second kappa shape index (κ2) is 10.5. The van der Waals surface area contributed by atoms with Crippen molar-refractivity contribution in [3.05, 3.63) is 55.4 Å². The van der Waals surface area contributed by atoms with Gasteiger partial charge in [-0.3, -0.25) is 0 Å². The summed E-state index contributed by atoms with van der Waals surface area (Å²) < 4.78 is 1.30. The number of β-amino-alcohol motifs (C(OH)–C–C–N with tert-alkyl or cyclic N) is 1. The van der Waals surface area contributed by atoms with Crippen LogP contribution in [0.2, 0.25) is 0 Å². The van der Waals surface area contributed by atoms with E-state index in [1.54, 1.807) is 0 Å². The number of aliphatic hydroxyl groups is 1. The zero-order valence-electron chi connectivity index (χ0n) is 16.4. The van der Waals surface area contributed by atoms with Gasteiger partial charge in [0.25, 0.3) is 10.2 Å². The molecule has 1 aliphatic rings. The lowest BCUT2D eigenvalue weighted by Gasteiger charge is -2.33. The van der Waals surface area contributed by atoms with E-state index in [-0.39, 0.29) is 12.8 Å². The standard InChI is InChI=1S/C19H25N3O7S/c23-16(5-6-17(29-22(26)27)13-28-21(24)25)12-20-9-7-14(8-10-20)19-11-15-3-1-2-4-18(15)30-19/h1-4,11,14,16-17,23H,5-10,12-13H2/t16-,17?/m1/s1. The smallest absolute Gasteiger partial charge is 0.294 e. The summed E-state index contributed by atoms with van der Waals surface area (Å²) in [5.41, 5.74) is 0. The van der Waals surface area contributed by atoms with Crippen LogP contribution in [0.4, 0.5) is 0 Å². The summed E-state index contributed by atoms with van der Waals surface area (Å²) >= 11 is 1.85. The minimum absolute atomic E-state index is 0.0915. The van der Waals surface area contributed by atoms with E-state index < -0.39 is 29.0 Å². The molecule has 10 nitrogen and oxygen atoms in total. The summed E-state index contributed by atoms with van der Waals surface area (Å²) in [6.07, 6.45) is 0.578. The highest BCUT2D eigenvalue weighted by molar-refractivity contribution is 7.19. The summed E-state index contributed by atoms with van der Waals surface area (Å²) in [4.78, 5) is 32.9. The van der Waals surface area contributed by atoms with E-state index in [2.05, 4.69) is 38.8 Å². The second-order valence-corrected chi connectivity index (χ2v) is 8.58. The summed E-state index contributed by atoms with van der Waals surface area (Å²) in [5, 5.41) is 30.3. The fourth-order valence-corrected chi connectivity index (χ4v) is 5.04. The third kappa shape index (κ3) is 6.51. The molecule has 0 saturated carbocycles. The maximum absolute atomic E-state index is 10.5. The lowest BCUT2D eigenvalue weighted by molar-refractivity contribution is -0.790. The van der Waals surface area contributed by atoms with Crippen molar-refractivity contribution in [2.24, 2.45) is 0 Å². The van der Waals surface area contributed by atoms with Crippen molar-refractivity contribution >= 4 is 21.4 Å². The van der Waals surface area contributed by atoms with Crippen LogP contribution < -0.4 is 0 Å². The average molecular weight is 439 g/mol. The molecule has 1 aromatic carbocycles. The molecule has 11 heteroatoms. The number of benzene rings is 1. The normalized spacial score (nSPS) is 17.5. The van der Waals surface area contributed by atoms with Crippen molar-refractivity contribution in [1.82, 2.24) is 4.90 Å². The highest BCUT2D eigenvalue weighted by Gasteiger charge is 2.24. The number of fused-ring (bicyclic) bond motifs is 1. The van der Waals surface area contributed by atoms with E-state index in [1.165, 1.54) is 15.0 Å². The van der Waals surface area contributed by atoms with Crippen molar-refractivity contribution in [2.75, 3.05) is 26.2 Å². The third-order valence-corrected chi connectivity index (χ3v) is 6.60. The molecule has 2 atom stereocenters. The van der Waals surface area contributed by atoms with Crippen LogP contribution in [0, 0.1) is 20.2 Å². The van der Waals surface area contributed by atoms with Crippen molar-refractivity contribution in [1.29, 1.82) is 0 Å². The highest BCUT2D eigenvalue weighted by atomic mass is 32.1. The van der Waals surface area contributed by atoms with Crippen molar-refractivity contribution in [3.63, 3.8) is 0 Å². The number of piperidine rings is 1. The number of likely N-dealkylation sites (tertiary alicyclic amines) is 1. The molecule has 0 radical (unpaired) electrons. The van der Waals surface area contributed by atoms with Crippen molar-refractivity contribution in [2.45, 2.75) is 43.8 Å². The van der Waals surface area contributed by atoms with Gasteiger partial charge >= 0.3 is 0 Å². The van der Waals surface area contributed by atoms with Crippen molar-refractivity contribution < 1.29 is 25.0 Å². The number of thiophene rings is 1. The second-order valence-electron chi connectivity index (χ2n) is 7.46. The van der Waals surface area contributed by atoms with Gasteiger partial charge in [-0.2, -0.15) is 0 Å². The molecule has 1 unspecified atom stereocenters. The van der Waals surface area contributed by atoms with Gasteiger partial charge in [-0.25, -0.2) is 0 Å². The summed E-state index contributed by atoms with van der Waals surface area (Å²) in [5.74, 6) is 0.521. The molecule has 0 amide bonds. The van der Waals surface area contributed by atoms with Crippen LogP contribution in [-0.4, -0.2) is 58.6 Å². The van der Waals surface area contributed by atoms with Crippen LogP contribution >= 0.6 is 11.3 Å². The first-order valence-corrected chi connectivity index (χ1v) is 10.7. The lowest BCUT2D eigenvalue weighted by atomic mass is 9.94. The fraction of sp³-hybridized carbons (Fsp3) is 0.579. The number of hydrogen-bond donors (Lipinski definition) is 1. The average Bonchev–Trinajstić information content (AvgIpc) is 3.14. The SMILES string of the molecule is O=[N+]([O-])OCC(CC[C@@H](O)CN1CCC(c2cc3ccccc3s2)CC1)O[N+](=O)[O-]. The largest absolute Gasteiger partial charge is 0.392 e. The number of nitrogens with zero attached hydrogens (tertiary/aromatic N) is 3. The predicted octanol–water partition coefficient (Wildman–Crippen LogP) is 3.01. The van der Waals surface area contributed by atoms with E-state index in [1.807, 2.05) is 17.4 Å². The van der Waals surface area contributed by atoms with Crippen LogP contribution in [0.5, 0.6) is 0 Å². The first-order valence-electron chi connectivity index (χ1n) is 9.88. The van der Waals surface area contributed by atoms with Gasteiger partial charge in [0, 0.05) is 16.1 Å². The monoisotopic (exact) mass is 439 g/mol. The summed E-state index contributed by atoms with van der Waals surface area (Å²) in [7, 11) is 0.